The molecule has 1 saturated heterocycles. The molecule has 114 valence electrons. The first kappa shape index (κ1) is 14.8. The average molecular weight is 295 g/mol. The second-order valence-electron chi connectivity index (χ2n) is 5.84. The molecule has 1 aliphatic rings. The van der Waals surface area contributed by atoms with E-state index in [9.17, 15) is 4.79 Å². The molecule has 0 aromatic heterocycles. The van der Waals surface area contributed by atoms with Crippen molar-refractivity contribution in [3.05, 3.63) is 71.8 Å². The summed E-state index contributed by atoms with van der Waals surface area (Å²) < 4.78 is 5.59. The van der Waals surface area contributed by atoms with Gasteiger partial charge in [0.15, 0.2) is 0 Å². The number of nitrogens with one attached hydrogen (secondary N) is 1. The number of carbonyl (C=O) groups is 1. The third kappa shape index (κ3) is 3.37. The van der Waals surface area contributed by atoms with E-state index in [4.69, 9.17) is 4.74 Å². The molecule has 22 heavy (non-hydrogen) atoms. The van der Waals surface area contributed by atoms with Crippen LogP contribution in [-0.4, -0.2) is 18.1 Å². The maximum absolute atomic E-state index is 12.7. The van der Waals surface area contributed by atoms with Gasteiger partial charge in [-0.1, -0.05) is 60.7 Å². The Labute approximate surface area is 131 Å². The lowest BCUT2D eigenvalue weighted by atomic mass is 9.89. The summed E-state index contributed by atoms with van der Waals surface area (Å²) in [4.78, 5) is 12.7. The first-order valence-corrected chi connectivity index (χ1v) is 7.79. The first-order valence-electron chi connectivity index (χ1n) is 7.79. The third-order valence-corrected chi connectivity index (χ3v) is 4.20. The van der Waals surface area contributed by atoms with Crippen molar-refractivity contribution in [2.24, 2.45) is 0 Å². The molecule has 2 aromatic rings. The molecule has 1 N–H and O–H groups in total. The minimum Gasteiger partial charge on any atom is -0.459 e. The van der Waals surface area contributed by atoms with Gasteiger partial charge in [0.1, 0.15) is 12.1 Å². The van der Waals surface area contributed by atoms with Gasteiger partial charge in [-0.15, -0.1) is 0 Å². The number of ether oxygens (including phenoxy) is 1. The lowest BCUT2D eigenvalue weighted by Gasteiger charge is -2.27. The molecular formula is C19H21NO2. The molecule has 3 heteroatoms. The Morgan fingerprint density at radius 2 is 1.64 bits per heavy atom. The highest BCUT2D eigenvalue weighted by Crippen LogP contribution is 2.26. The van der Waals surface area contributed by atoms with E-state index >= 15 is 0 Å². The molecule has 0 radical (unpaired) electrons. The smallest absolute Gasteiger partial charge is 0.327 e. The van der Waals surface area contributed by atoms with Crippen molar-refractivity contribution < 1.29 is 9.53 Å². The van der Waals surface area contributed by atoms with Crippen LogP contribution < -0.4 is 5.32 Å². The third-order valence-electron chi connectivity index (χ3n) is 4.20. The second kappa shape index (κ2) is 6.75. The Balaban J connectivity index is 1.69. The summed E-state index contributed by atoms with van der Waals surface area (Å²) in [6, 6.07) is 19.9. The van der Waals surface area contributed by atoms with E-state index in [1.807, 2.05) is 48.5 Å². The summed E-state index contributed by atoms with van der Waals surface area (Å²) in [5.74, 6) is -0.141. The standard InChI is InChI=1S/C19H21NO2/c21-18(22-15-17-10-5-2-6-11-17)19(12-7-13-20-19)14-16-8-3-1-4-9-16/h1-6,8-11,20H,7,12-15H2. The molecule has 3 rings (SSSR count). The summed E-state index contributed by atoms with van der Waals surface area (Å²) in [5.41, 5.74) is 1.60. The molecular weight excluding hydrogens is 274 g/mol. The lowest BCUT2D eigenvalue weighted by molar-refractivity contribution is -0.152. The van der Waals surface area contributed by atoms with Crippen molar-refractivity contribution in [2.75, 3.05) is 6.54 Å². The zero-order valence-electron chi connectivity index (χ0n) is 12.6. The highest BCUT2D eigenvalue weighted by atomic mass is 16.5. The Kier molecular flexibility index (Phi) is 4.54. The van der Waals surface area contributed by atoms with Gasteiger partial charge >= 0.3 is 5.97 Å². The monoisotopic (exact) mass is 295 g/mol. The predicted molar refractivity (Wildman–Crippen MR) is 86.4 cm³/mol. The summed E-state index contributed by atoms with van der Waals surface area (Å²) in [7, 11) is 0. The molecule has 1 aliphatic heterocycles. The van der Waals surface area contributed by atoms with Gasteiger partial charge in [-0.3, -0.25) is 4.79 Å². The van der Waals surface area contributed by atoms with E-state index in [0.29, 0.717) is 13.0 Å². The van der Waals surface area contributed by atoms with E-state index < -0.39 is 5.54 Å². The van der Waals surface area contributed by atoms with Crippen LogP contribution in [0.3, 0.4) is 0 Å². The van der Waals surface area contributed by atoms with Crippen molar-refractivity contribution in [2.45, 2.75) is 31.4 Å². The van der Waals surface area contributed by atoms with Crippen molar-refractivity contribution in [3.8, 4) is 0 Å². The number of carbonyl (C=O) groups excluding carboxylic acids is 1. The predicted octanol–water partition coefficient (Wildman–Crippen LogP) is 3.09. The van der Waals surface area contributed by atoms with Crippen LogP contribution in [0.2, 0.25) is 0 Å². The molecule has 0 amide bonds. The quantitative estimate of drug-likeness (QED) is 0.861. The van der Waals surface area contributed by atoms with Gasteiger partial charge in [0.25, 0.3) is 0 Å². The van der Waals surface area contributed by atoms with Crippen molar-refractivity contribution in [1.29, 1.82) is 0 Å². The first-order chi connectivity index (χ1) is 10.8. The maximum atomic E-state index is 12.7. The van der Waals surface area contributed by atoms with Crippen LogP contribution in [0.5, 0.6) is 0 Å². The molecule has 0 aliphatic carbocycles. The Bertz CT molecular complexity index is 604. The van der Waals surface area contributed by atoms with Gasteiger partial charge < -0.3 is 10.1 Å². The summed E-state index contributed by atoms with van der Waals surface area (Å²) >= 11 is 0. The molecule has 1 heterocycles. The lowest BCUT2D eigenvalue weighted by Crippen LogP contribution is -2.50. The van der Waals surface area contributed by atoms with Crippen LogP contribution in [0.1, 0.15) is 24.0 Å². The maximum Gasteiger partial charge on any atom is 0.327 e. The van der Waals surface area contributed by atoms with E-state index in [1.54, 1.807) is 0 Å². The fourth-order valence-corrected chi connectivity index (χ4v) is 3.01. The summed E-state index contributed by atoms with van der Waals surface area (Å²) in [6.07, 6.45) is 2.52. The number of rotatable bonds is 5. The number of hydrogen-bond acceptors (Lipinski definition) is 3. The fourth-order valence-electron chi connectivity index (χ4n) is 3.01. The summed E-state index contributed by atoms with van der Waals surface area (Å²) in [5, 5.41) is 3.38. The molecule has 0 spiro atoms. The number of hydrogen-bond donors (Lipinski definition) is 1. The van der Waals surface area contributed by atoms with Gasteiger partial charge in [0.05, 0.1) is 0 Å². The van der Waals surface area contributed by atoms with Gasteiger partial charge in [-0.25, -0.2) is 0 Å². The molecule has 0 bridgehead atoms. The van der Waals surface area contributed by atoms with Crippen LogP contribution in [0.4, 0.5) is 0 Å². The van der Waals surface area contributed by atoms with Crippen LogP contribution in [0.15, 0.2) is 60.7 Å². The van der Waals surface area contributed by atoms with Crippen LogP contribution in [-0.2, 0) is 22.6 Å². The Hall–Kier alpha value is -2.13. The molecule has 2 aromatic carbocycles. The molecule has 1 unspecified atom stereocenters. The van der Waals surface area contributed by atoms with E-state index in [-0.39, 0.29) is 5.97 Å². The number of benzene rings is 2. The Morgan fingerprint density at radius 3 is 2.23 bits per heavy atom. The Morgan fingerprint density at radius 1 is 1.00 bits per heavy atom. The van der Waals surface area contributed by atoms with Crippen LogP contribution in [0, 0.1) is 0 Å². The van der Waals surface area contributed by atoms with Gasteiger partial charge in [0.2, 0.25) is 0 Å². The average Bonchev–Trinajstić information content (AvgIpc) is 3.04. The summed E-state index contributed by atoms with van der Waals surface area (Å²) in [6.45, 7) is 1.20. The zero-order valence-corrected chi connectivity index (χ0v) is 12.6. The van der Waals surface area contributed by atoms with E-state index in [0.717, 1.165) is 30.5 Å². The highest BCUT2D eigenvalue weighted by Gasteiger charge is 2.42. The van der Waals surface area contributed by atoms with Crippen molar-refractivity contribution >= 4 is 5.97 Å². The highest BCUT2D eigenvalue weighted by molar-refractivity contribution is 5.81. The van der Waals surface area contributed by atoms with Gasteiger partial charge in [-0.05, 0) is 30.5 Å². The normalized spacial score (nSPS) is 20.7. The largest absolute Gasteiger partial charge is 0.459 e. The minimum absolute atomic E-state index is 0.141. The van der Waals surface area contributed by atoms with Crippen molar-refractivity contribution in [1.82, 2.24) is 5.32 Å². The van der Waals surface area contributed by atoms with Gasteiger partial charge in [-0.2, -0.15) is 0 Å². The molecule has 3 nitrogen and oxygen atoms in total. The molecule has 1 atom stereocenters. The second-order valence-corrected chi connectivity index (χ2v) is 5.84. The van der Waals surface area contributed by atoms with E-state index in [1.165, 1.54) is 0 Å². The molecule has 0 saturated carbocycles. The van der Waals surface area contributed by atoms with Crippen LogP contribution >= 0.6 is 0 Å². The SMILES string of the molecule is O=C(OCc1ccccc1)C1(Cc2ccccc2)CCCN1. The zero-order chi connectivity index (χ0) is 15.3. The van der Waals surface area contributed by atoms with E-state index in [2.05, 4.69) is 17.4 Å². The number of esters is 1. The topological polar surface area (TPSA) is 38.3 Å². The minimum atomic E-state index is -0.573. The van der Waals surface area contributed by atoms with Crippen molar-refractivity contribution in [3.63, 3.8) is 0 Å². The molecule has 1 fully saturated rings. The van der Waals surface area contributed by atoms with Gasteiger partial charge in [0, 0.05) is 6.42 Å². The van der Waals surface area contributed by atoms with Crippen LogP contribution in [0.25, 0.3) is 0 Å². The fraction of sp³-hybridized carbons (Fsp3) is 0.316.